The maximum atomic E-state index is 5.51. The summed E-state index contributed by atoms with van der Waals surface area (Å²) in [5.41, 5.74) is 0. The van der Waals surface area contributed by atoms with Gasteiger partial charge < -0.3 is 28.4 Å². The topological polar surface area (TPSA) is 55.4 Å². The first-order valence-electron chi connectivity index (χ1n) is 6.41. The fourth-order valence-electron chi connectivity index (χ4n) is 1.15. The van der Waals surface area contributed by atoms with Crippen LogP contribution in [0, 0.1) is 0 Å². The third-order valence-electron chi connectivity index (χ3n) is 2.12. The molecule has 0 radical (unpaired) electrons. The van der Waals surface area contributed by atoms with Gasteiger partial charge in [-0.3, -0.25) is 0 Å². The van der Waals surface area contributed by atoms with Crippen molar-refractivity contribution in [2.75, 3.05) is 73.2 Å². The number of rotatable bonds is 15. The average molecular weight is 298 g/mol. The molecule has 0 aromatic heterocycles. The Labute approximate surface area is 118 Å². The van der Waals surface area contributed by atoms with Gasteiger partial charge in [-0.05, 0) is 0 Å². The number of hydrogen-bond acceptors (Lipinski definition) is 6. The van der Waals surface area contributed by atoms with Crippen molar-refractivity contribution in [2.45, 2.75) is 6.29 Å². The maximum Gasteiger partial charge on any atom is 0.161 e. The van der Waals surface area contributed by atoms with Crippen LogP contribution in [0.3, 0.4) is 0 Å². The van der Waals surface area contributed by atoms with Crippen molar-refractivity contribution in [2.24, 2.45) is 0 Å². The summed E-state index contributed by atoms with van der Waals surface area (Å²) in [5.74, 6) is 0. The molecule has 0 rings (SSSR count). The Morgan fingerprint density at radius 2 is 1.11 bits per heavy atom. The van der Waals surface area contributed by atoms with Gasteiger partial charge in [-0.25, -0.2) is 0 Å². The summed E-state index contributed by atoms with van der Waals surface area (Å²) in [5, 5.41) is 0. The highest BCUT2D eigenvalue weighted by atomic mass is 31.0. The van der Waals surface area contributed by atoms with E-state index in [9.17, 15) is 0 Å². The number of hydrogen-bond donors (Lipinski definition) is 0. The fraction of sp³-hybridized carbons (Fsp3) is 1.00. The van der Waals surface area contributed by atoms with Crippen LogP contribution in [0.4, 0.5) is 0 Å². The predicted molar refractivity (Wildman–Crippen MR) is 75.7 cm³/mol. The molecular weight excluding hydrogens is 271 g/mol. The van der Waals surface area contributed by atoms with Crippen molar-refractivity contribution < 1.29 is 28.4 Å². The van der Waals surface area contributed by atoms with Gasteiger partial charge in [0.15, 0.2) is 6.29 Å². The van der Waals surface area contributed by atoms with Gasteiger partial charge in [0.1, 0.15) is 0 Å². The fourth-order valence-corrected chi connectivity index (χ4v) is 1.42. The molecule has 0 saturated heterocycles. The van der Waals surface area contributed by atoms with Crippen LogP contribution in [0.2, 0.25) is 0 Å². The molecule has 0 aromatic rings. The lowest BCUT2D eigenvalue weighted by Gasteiger charge is -2.17. The first-order valence-corrected chi connectivity index (χ1v) is 7.23. The molecule has 0 aliphatic rings. The van der Waals surface area contributed by atoms with E-state index in [0.717, 1.165) is 6.16 Å². The lowest BCUT2D eigenvalue weighted by Crippen LogP contribution is -2.23. The minimum atomic E-state index is -0.234. The predicted octanol–water partition coefficient (Wildman–Crippen LogP) is 0.547. The van der Waals surface area contributed by atoms with Crippen molar-refractivity contribution in [3.8, 4) is 0 Å². The molecule has 6 nitrogen and oxygen atoms in total. The molecule has 0 amide bonds. The molecule has 0 saturated carbocycles. The summed E-state index contributed by atoms with van der Waals surface area (Å²) in [6, 6.07) is 0. The van der Waals surface area contributed by atoms with Gasteiger partial charge in [0.05, 0.1) is 52.9 Å². The van der Waals surface area contributed by atoms with Gasteiger partial charge >= 0.3 is 0 Å². The van der Waals surface area contributed by atoms with Crippen LogP contribution >= 0.6 is 9.24 Å². The van der Waals surface area contributed by atoms with E-state index in [1.54, 1.807) is 14.2 Å². The molecule has 1 atom stereocenters. The van der Waals surface area contributed by atoms with Gasteiger partial charge in [-0.2, -0.15) is 0 Å². The van der Waals surface area contributed by atoms with E-state index in [1.807, 2.05) is 0 Å². The van der Waals surface area contributed by atoms with Crippen LogP contribution in [0.15, 0.2) is 0 Å². The smallest absolute Gasteiger partial charge is 0.161 e. The Morgan fingerprint density at radius 3 is 1.47 bits per heavy atom. The summed E-state index contributed by atoms with van der Waals surface area (Å²) < 4.78 is 31.3. The quantitative estimate of drug-likeness (QED) is 0.250. The molecule has 0 heterocycles. The highest BCUT2D eigenvalue weighted by molar-refractivity contribution is 7.16. The van der Waals surface area contributed by atoms with Crippen molar-refractivity contribution in [3.05, 3.63) is 0 Å². The minimum absolute atomic E-state index is 0.234. The van der Waals surface area contributed by atoms with Crippen LogP contribution in [0.5, 0.6) is 0 Å². The molecule has 116 valence electrons. The van der Waals surface area contributed by atoms with Crippen molar-refractivity contribution in [1.82, 2.24) is 0 Å². The van der Waals surface area contributed by atoms with Gasteiger partial charge in [0.2, 0.25) is 0 Å². The molecule has 0 aliphatic carbocycles. The van der Waals surface area contributed by atoms with E-state index in [0.29, 0.717) is 52.9 Å². The first kappa shape index (κ1) is 19.2. The highest BCUT2D eigenvalue weighted by Gasteiger charge is 2.06. The minimum Gasteiger partial charge on any atom is -0.382 e. The molecule has 1 unspecified atom stereocenters. The van der Waals surface area contributed by atoms with Crippen molar-refractivity contribution in [3.63, 3.8) is 0 Å². The van der Waals surface area contributed by atoms with Crippen LogP contribution in [-0.2, 0) is 28.4 Å². The molecule has 7 heteroatoms. The first-order chi connectivity index (χ1) is 9.35. The van der Waals surface area contributed by atoms with Crippen LogP contribution in [0.25, 0.3) is 0 Å². The van der Waals surface area contributed by atoms with Crippen LogP contribution in [-0.4, -0.2) is 79.5 Å². The Kier molecular flexibility index (Phi) is 16.4. The Hall–Kier alpha value is 0.190. The second-order valence-corrected chi connectivity index (χ2v) is 4.09. The standard InChI is InChI=1S/C12H27O6P/c1-13-3-5-15-7-9-17-12(11-19)18-10-8-16-6-4-14-2/h12H,3-11,19H2,1-2H3. The normalized spacial score (nSPS) is 11.4. The van der Waals surface area contributed by atoms with Crippen molar-refractivity contribution >= 4 is 9.24 Å². The van der Waals surface area contributed by atoms with Gasteiger partial charge in [0, 0.05) is 20.4 Å². The third-order valence-corrected chi connectivity index (χ3v) is 2.50. The van der Waals surface area contributed by atoms with Gasteiger partial charge in [0.25, 0.3) is 0 Å². The van der Waals surface area contributed by atoms with E-state index in [2.05, 4.69) is 9.24 Å². The zero-order valence-corrected chi connectivity index (χ0v) is 13.1. The molecule has 0 aromatic carbocycles. The van der Waals surface area contributed by atoms with Gasteiger partial charge in [-0.1, -0.05) is 0 Å². The SMILES string of the molecule is COCCOCCOC(CP)OCCOCCOC. The largest absolute Gasteiger partial charge is 0.382 e. The second kappa shape index (κ2) is 16.2. The summed E-state index contributed by atoms with van der Waals surface area (Å²) in [6.07, 6.45) is 0.484. The lowest BCUT2D eigenvalue weighted by atomic mass is 10.6. The van der Waals surface area contributed by atoms with Crippen LogP contribution < -0.4 is 0 Å². The summed E-state index contributed by atoms with van der Waals surface area (Å²) in [7, 11) is 5.89. The molecule has 19 heavy (non-hydrogen) atoms. The zero-order chi connectivity index (χ0) is 14.2. The van der Waals surface area contributed by atoms with E-state index in [1.165, 1.54) is 0 Å². The highest BCUT2D eigenvalue weighted by Crippen LogP contribution is 2.00. The van der Waals surface area contributed by atoms with Crippen LogP contribution in [0.1, 0.15) is 0 Å². The summed E-state index contributed by atoms with van der Waals surface area (Å²) >= 11 is 0. The second-order valence-electron chi connectivity index (χ2n) is 3.62. The average Bonchev–Trinajstić information content (AvgIpc) is 2.44. The van der Waals surface area contributed by atoms with Gasteiger partial charge in [-0.15, -0.1) is 9.24 Å². The van der Waals surface area contributed by atoms with E-state index >= 15 is 0 Å². The third kappa shape index (κ3) is 14.4. The number of methoxy groups -OCH3 is 2. The molecule has 0 bridgehead atoms. The molecule has 0 spiro atoms. The molecular formula is C12H27O6P. The molecule has 0 fully saturated rings. The maximum absolute atomic E-state index is 5.51. The zero-order valence-electron chi connectivity index (χ0n) is 12.0. The van der Waals surface area contributed by atoms with E-state index < -0.39 is 0 Å². The van der Waals surface area contributed by atoms with E-state index in [4.69, 9.17) is 28.4 Å². The molecule has 0 aliphatic heterocycles. The van der Waals surface area contributed by atoms with Crippen molar-refractivity contribution in [1.29, 1.82) is 0 Å². The van der Waals surface area contributed by atoms with E-state index in [-0.39, 0.29) is 6.29 Å². The Morgan fingerprint density at radius 1 is 0.684 bits per heavy atom. The Bertz CT molecular complexity index is 156. The molecule has 0 N–H and O–H groups in total. The summed E-state index contributed by atoms with van der Waals surface area (Å²) in [4.78, 5) is 0. The summed E-state index contributed by atoms with van der Waals surface area (Å²) in [6.45, 7) is 4.46. The number of ether oxygens (including phenoxy) is 6. The Balaban J connectivity index is 3.30. The lowest BCUT2D eigenvalue weighted by molar-refractivity contribution is -0.145. The monoisotopic (exact) mass is 298 g/mol.